The molecule has 2 rings (SSSR count). The van der Waals surface area contributed by atoms with Gasteiger partial charge in [-0.1, -0.05) is 24.3 Å². The van der Waals surface area contributed by atoms with E-state index in [1.165, 1.54) is 24.0 Å². The van der Waals surface area contributed by atoms with Crippen molar-refractivity contribution in [3.63, 3.8) is 0 Å². The summed E-state index contributed by atoms with van der Waals surface area (Å²) in [5, 5.41) is 6.69. The lowest BCUT2D eigenvalue weighted by molar-refractivity contribution is 0.123. The molecule has 5 nitrogen and oxygen atoms in total. The van der Waals surface area contributed by atoms with Gasteiger partial charge in [-0.3, -0.25) is 0 Å². The number of hydrogen-bond donors (Lipinski definition) is 2. The largest absolute Gasteiger partial charge is 0.381 e. The lowest BCUT2D eigenvalue weighted by Gasteiger charge is -2.12. The number of nitrogens with zero attached hydrogens (tertiary/aromatic N) is 2. The van der Waals surface area contributed by atoms with Gasteiger partial charge in [-0.2, -0.15) is 0 Å². The zero-order valence-corrected chi connectivity index (χ0v) is 18.8. The SMILES string of the molecule is CCNC(=NCc1ccc(CN(C)C)cc1)NCCCOCC1CC1.I. The van der Waals surface area contributed by atoms with Crippen molar-refractivity contribution in [1.29, 1.82) is 0 Å². The van der Waals surface area contributed by atoms with Gasteiger partial charge in [0.1, 0.15) is 0 Å². The summed E-state index contributed by atoms with van der Waals surface area (Å²) in [6, 6.07) is 8.69. The standard InChI is InChI=1S/C20H34N4O.HI/c1-4-21-20(22-12-5-13-25-16-19-10-11-19)23-14-17-6-8-18(9-7-17)15-24(2)3;/h6-9,19H,4-5,10-16H2,1-3H3,(H2,21,22,23);1H. The fraction of sp³-hybridized carbons (Fsp3) is 0.650. The van der Waals surface area contributed by atoms with Gasteiger partial charge >= 0.3 is 0 Å². The average Bonchev–Trinajstić information content (AvgIpc) is 3.40. The normalized spacial score (nSPS) is 14.2. The molecule has 0 spiro atoms. The van der Waals surface area contributed by atoms with E-state index >= 15 is 0 Å². The fourth-order valence-electron chi connectivity index (χ4n) is 2.54. The number of hydrogen-bond acceptors (Lipinski definition) is 3. The van der Waals surface area contributed by atoms with Crippen LogP contribution in [0.4, 0.5) is 0 Å². The molecule has 1 aliphatic carbocycles. The van der Waals surface area contributed by atoms with Crippen molar-refractivity contribution < 1.29 is 4.74 Å². The second kappa shape index (κ2) is 13.3. The van der Waals surface area contributed by atoms with Gasteiger partial charge in [-0.25, -0.2) is 4.99 Å². The molecule has 1 aliphatic rings. The Kier molecular flexibility index (Phi) is 11.9. The summed E-state index contributed by atoms with van der Waals surface area (Å²) in [7, 11) is 4.17. The molecule has 148 valence electrons. The maximum atomic E-state index is 5.66. The Morgan fingerprint density at radius 1 is 1.15 bits per heavy atom. The first kappa shape index (κ1) is 23.2. The van der Waals surface area contributed by atoms with Crippen molar-refractivity contribution in [3.05, 3.63) is 35.4 Å². The van der Waals surface area contributed by atoms with Crippen LogP contribution in [0, 0.1) is 5.92 Å². The Bertz CT molecular complexity index is 515. The number of rotatable bonds is 11. The molecule has 26 heavy (non-hydrogen) atoms. The van der Waals surface area contributed by atoms with Crippen molar-refractivity contribution in [1.82, 2.24) is 15.5 Å². The highest BCUT2D eigenvalue weighted by molar-refractivity contribution is 14.0. The van der Waals surface area contributed by atoms with E-state index in [0.717, 1.165) is 51.1 Å². The third-order valence-electron chi connectivity index (χ3n) is 4.09. The van der Waals surface area contributed by atoms with Gasteiger partial charge in [0.2, 0.25) is 0 Å². The van der Waals surface area contributed by atoms with E-state index in [4.69, 9.17) is 4.74 Å². The lowest BCUT2D eigenvalue weighted by atomic mass is 10.1. The van der Waals surface area contributed by atoms with Gasteiger partial charge in [0, 0.05) is 32.8 Å². The van der Waals surface area contributed by atoms with Crippen LogP contribution < -0.4 is 10.6 Å². The highest BCUT2D eigenvalue weighted by Gasteiger charge is 2.20. The highest BCUT2D eigenvalue weighted by Crippen LogP contribution is 2.28. The minimum absolute atomic E-state index is 0. The van der Waals surface area contributed by atoms with E-state index in [-0.39, 0.29) is 24.0 Å². The van der Waals surface area contributed by atoms with Gasteiger partial charge in [-0.05, 0) is 57.3 Å². The summed E-state index contributed by atoms with van der Waals surface area (Å²) in [4.78, 5) is 6.85. The lowest BCUT2D eigenvalue weighted by Crippen LogP contribution is -2.38. The summed E-state index contributed by atoms with van der Waals surface area (Å²) in [5.41, 5.74) is 2.56. The van der Waals surface area contributed by atoms with Crippen molar-refractivity contribution in [2.75, 3.05) is 40.4 Å². The molecule has 1 fully saturated rings. The van der Waals surface area contributed by atoms with E-state index in [1.807, 2.05) is 0 Å². The number of guanidine groups is 1. The first-order valence-corrected chi connectivity index (χ1v) is 9.50. The number of ether oxygens (including phenoxy) is 1. The quantitative estimate of drug-likeness (QED) is 0.224. The number of nitrogens with one attached hydrogen (secondary N) is 2. The first-order valence-electron chi connectivity index (χ1n) is 9.50. The summed E-state index contributed by atoms with van der Waals surface area (Å²) < 4.78 is 5.66. The number of aliphatic imine (C=N–C) groups is 1. The van der Waals surface area contributed by atoms with Gasteiger partial charge in [0.25, 0.3) is 0 Å². The van der Waals surface area contributed by atoms with Crippen LogP contribution in [0.15, 0.2) is 29.3 Å². The van der Waals surface area contributed by atoms with Crippen LogP contribution in [-0.2, 0) is 17.8 Å². The van der Waals surface area contributed by atoms with Crippen LogP contribution in [0.25, 0.3) is 0 Å². The van der Waals surface area contributed by atoms with Gasteiger partial charge < -0.3 is 20.3 Å². The van der Waals surface area contributed by atoms with Gasteiger partial charge in [-0.15, -0.1) is 24.0 Å². The number of halogens is 1. The average molecular weight is 474 g/mol. The molecule has 0 aromatic heterocycles. The predicted molar refractivity (Wildman–Crippen MR) is 120 cm³/mol. The van der Waals surface area contributed by atoms with Crippen LogP contribution in [0.5, 0.6) is 0 Å². The summed E-state index contributed by atoms with van der Waals surface area (Å²) in [6.07, 6.45) is 3.72. The fourth-order valence-corrected chi connectivity index (χ4v) is 2.54. The molecule has 0 aliphatic heterocycles. The Labute approximate surface area is 176 Å². The molecular weight excluding hydrogens is 439 g/mol. The molecule has 1 aromatic rings. The highest BCUT2D eigenvalue weighted by atomic mass is 127. The van der Waals surface area contributed by atoms with E-state index in [0.29, 0.717) is 6.54 Å². The Morgan fingerprint density at radius 2 is 1.85 bits per heavy atom. The molecule has 0 unspecified atom stereocenters. The molecule has 1 aromatic carbocycles. The van der Waals surface area contributed by atoms with Crippen molar-refractivity contribution in [2.24, 2.45) is 10.9 Å². The van der Waals surface area contributed by atoms with E-state index in [2.05, 4.69) is 65.8 Å². The third kappa shape index (κ3) is 10.3. The zero-order chi connectivity index (χ0) is 17.9. The smallest absolute Gasteiger partial charge is 0.191 e. The van der Waals surface area contributed by atoms with E-state index in [1.54, 1.807) is 0 Å². The zero-order valence-electron chi connectivity index (χ0n) is 16.5. The second-order valence-electron chi connectivity index (χ2n) is 7.05. The third-order valence-corrected chi connectivity index (χ3v) is 4.09. The maximum absolute atomic E-state index is 5.66. The van der Waals surface area contributed by atoms with Crippen molar-refractivity contribution >= 4 is 29.9 Å². The summed E-state index contributed by atoms with van der Waals surface area (Å²) in [6.45, 7) is 7.27. The molecule has 0 radical (unpaired) electrons. The van der Waals surface area contributed by atoms with E-state index in [9.17, 15) is 0 Å². The van der Waals surface area contributed by atoms with Gasteiger partial charge in [0.05, 0.1) is 6.54 Å². The molecule has 6 heteroatoms. The molecule has 0 heterocycles. The van der Waals surface area contributed by atoms with Crippen LogP contribution in [0.1, 0.15) is 37.3 Å². The Hall–Kier alpha value is -0.860. The topological polar surface area (TPSA) is 48.9 Å². The van der Waals surface area contributed by atoms with Crippen LogP contribution in [0.3, 0.4) is 0 Å². The summed E-state index contributed by atoms with van der Waals surface area (Å²) in [5.74, 6) is 1.72. The number of benzene rings is 1. The second-order valence-corrected chi connectivity index (χ2v) is 7.05. The van der Waals surface area contributed by atoms with E-state index < -0.39 is 0 Å². The molecule has 1 saturated carbocycles. The monoisotopic (exact) mass is 474 g/mol. The Balaban J connectivity index is 0.00000338. The summed E-state index contributed by atoms with van der Waals surface area (Å²) >= 11 is 0. The Morgan fingerprint density at radius 3 is 2.46 bits per heavy atom. The maximum Gasteiger partial charge on any atom is 0.191 e. The first-order chi connectivity index (χ1) is 12.2. The minimum Gasteiger partial charge on any atom is -0.381 e. The van der Waals surface area contributed by atoms with Crippen LogP contribution >= 0.6 is 24.0 Å². The van der Waals surface area contributed by atoms with Crippen molar-refractivity contribution in [2.45, 2.75) is 39.3 Å². The van der Waals surface area contributed by atoms with Crippen LogP contribution in [0.2, 0.25) is 0 Å². The molecule has 0 atom stereocenters. The molecule has 0 saturated heterocycles. The van der Waals surface area contributed by atoms with Gasteiger partial charge in [0.15, 0.2) is 5.96 Å². The molecule has 0 bridgehead atoms. The molecule has 2 N–H and O–H groups in total. The minimum atomic E-state index is 0. The van der Waals surface area contributed by atoms with Crippen molar-refractivity contribution in [3.8, 4) is 0 Å². The predicted octanol–water partition coefficient (Wildman–Crippen LogP) is 3.24. The van der Waals surface area contributed by atoms with Crippen LogP contribution in [-0.4, -0.2) is 51.3 Å². The molecule has 0 amide bonds. The molecular formula is C20H35IN4O.